The smallest absolute Gasteiger partial charge is 0.0489 e. The van der Waals surface area contributed by atoms with Gasteiger partial charge in [0.15, 0.2) is 0 Å². The van der Waals surface area contributed by atoms with E-state index in [-0.39, 0.29) is 0 Å². The van der Waals surface area contributed by atoms with Crippen molar-refractivity contribution in [2.75, 3.05) is 5.32 Å². The molecule has 0 amide bonds. The number of hydrogen-bond acceptors (Lipinski definition) is 1. The predicted octanol–water partition coefficient (Wildman–Crippen LogP) is 4.68. The third kappa shape index (κ3) is 3.34. The molecule has 2 aromatic carbocycles. The summed E-state index contributed by atoms with van der Waals surface area (Å²) in [7, 11) is 0. The van der Waals surface area contributed by atoms with Gasteiger partial charge in [0, 0.05) is 16.7 Å². The van der Waals surface area contributed by atoms with E-state index in [0.29, 0.717) is 0 Å². The molecule has 0 saturated heterocycles. The average Bonchev–Trinajstić information content (AvgIpc) is 2.30. The molecule has 2 heteroatoms. The quantitative estimate of drug-likeness (QED) is 0.865. The summed E-state index contributed by atoms with van der Waals surface area (Å²) in [5.41, 5.74) is 5.01. The first kappa shape index (κ1) is 12.2. The lowest BCUT2D eigenvalue weighted by atomic mass is 10.1. The molecule has 0 atom stereocenters. The van der Waals surface area contributed by atoms with Crippen molar-refractivity contribution >= 4 is 21.6 Å². The third-order valence-electron chi connectivity index (χ3n) is 2.69. The monoisotopic (exact) mass is 289 g/mol. The molecule has 0 heterocycles. The van der Waals surface area contributed by atoms with E-state index in [1.165, 1.54) is 16.7 Å². The van der Waals surface area contributed by atoms with E-state index in [1.54, 1.807) is 0 Å². The highest BCUT2D eigenvalue weighted by Crippen LogP contribution is 2.23. The van der Waals surface area contributed by atoms with Crippen molar-refractivity contribution < 1.29 is 0 Å². The predicted molar refractivity (Wildman–Crippen MR) is 77.4 cm³/mol. The van der Waals surface area contributed by atoms with Gasteiger partial charge in [0.1, 0.15) is 0 Å². The Bertz CT molecular complexity index is 520. The van der Waals surface area contributed by atoms with E-state index < -0.39 is 0 Å². The van der Waals surface area contributed by atoms with Gasteiger partial charge in [-0.3, -0.25) is 0 Å². The summed E-state index contributed by atoms with van der Waals surface area (Å²) < 4.78 is 1.11. The van der Waals surface area contributed by atoms with E-state index in [9.17, 15) is 0 Å². The standard InChI is InChI=1S/C15H16BrN/c1-11-4-3-5-13(8-11)10-17-15-9-12(2)6-7-14(15)16/h3-9,17H,10H2,1-2H3. The molecule has 0 spiro atoms. The summed E-state index contributed by atoms with van der Waals surface area (Å²) in [5, 5.41) is 3.45. The summed E-state index contributed by atoms with van der Waals surface area (Å²) in [5.74, 6) is 0. The maximum absolute atomic E-state index is 3.56. The molecule has 0 radical (unpaired) electrons. The normalized spacial score (nSPS) is 10.3. The highest BCUT2D eigenvalue weighted by molar-refractivity contribution is 9.10. The fraction of sp³-hybridized carbons (Fsp3) is 0.200. The molecule has 2 rings (SSSR count). The average molecular weight is 290 g/mol. The van der Waals surface area contributed by atoms with E-state index in [1.807, 2.05) is 0 Å². The molecule has 2 aromatic rings. The van der Waals surface area contributed by atoms with E-state index in [4.69, 9.17) is 0 Å². The van der Waals surface area contributed by atoms with E-state index in [0.717, 1.165) is 16.7 Å². The van der Waals surface area contributed by atoms with Gasteiger partial charge in [-0.25, -0.2) is 0 Å². The maximum Gasteiger partial charge on any atom is 0.0489 e. The van der Waals surface area contributed by atoms with Crippen LogP contribution in [0, 0.1) is 13.8 Å². The van der Waals surface area contributed by atoms with E-state index in [2.05, 4.69) is 77.6 Å². The Hall–Kier alpha value is -1.28. The van der Waals surface area contributed by atoms with Gasteiger partial charge in [-0.15, -0.1) is 0 Å². The molecule has 1 N–H and O–H groups in total. The van der Waals surface area contributed by atoms with Crippen molar-refractivity contribution in [3.63, 3.8) is 0 Å². The van der Waals surface area contributed by atoms with Gasteiger partial charge in [0.05, 0.1) is 0 Å². The minimum Gasteiger partial charge on any atom is -0.380 e. The molecule has 0 aliphatic rings. The number of rotatable bonds is 3. The van der Waals surface area contributed by atoms with Gasteiger partial charge < -0.3 is 5.32 Å². The van der Waals surface area contributed by atoms with Crippen molar-refractivity contribution in [1.29, 1.82) is 0 Å². The van der Waals surface area contributed by atoms with Crippen LogP contribution in [-0.2, 0) is 6.54 Å². The highest BCUT2D eigenvalue weighted by atomic mass is 79.9. The molecule has 0 fully saturated rings. The summed E-state index contributed by atoms with van der Waals surface area (Å²) in [4.78, 5) is 0. The number of nitrogens with one attached hydrogen (secondary N) is 1. The van der Waals surface area contributed by atoms with Crippen LogP contribution in [0.15, 0.2) is 46.9 Å². The lowest BCUT2D eigenvalue weighted by molar-refractivity contribution is 1.13. The summed E-state index contributed by atoms with van der Waals surface area (Å²) in [6, 6.07) is 14.9. The zero-order valence-electron chi connectivity index (χ0n) is 10.1. The largest absolute Gasteiger partial charge is 0.380 e. The van der Waals surface area contributed by atoms with Crippen LogP contribution in [0.2, 0.25) is 0 Å². The van der Waals surface area contributed by atoms with Gasteiger partial charge in [-0.1, -0.05) is 35.9 Å². The molecule has 0 aliphatic carbocycles. The van der Waals surface area contributed by atoms with E-state index >= 15 is 0 Å². The van der Waals surface area contributed by atoms with Gasteiger partial charge >= 0.3 is 0 Å². The number of benzene rings is 2. The second kappa shape index (κ2) is 5.37. The SMILES string of the molecule is Cc1cccc(CNc2cc(C)ccc2Br)c1. The van der Waals surface area contributed by atoms with Crippen LogP contribution in [0.25, 0.3) is 0 Å². The van der Waals surface area contributed by atoms with Crippen molar-refractivity contribution in [2.24, 2.45) is 0 Å². The number of aryl methyl sites for hydroxylation is 2. The molecule has 0 unspecified atom stereocenters. The summed E-state index contributed by atoms with van der Waals surface area (Å²) in [6.45, 7) is 5.07. The highest BCUT2D eigenvalue weighted by Gasteiger charge is 2.00. The Kier molecular flexibility index (Phi) is 3.85. The third-order valence-corrected chi connectivity index (χ3v) is 3.38. The summed E-state index contributed by atoms with van der Waals surface area (Å²) in [6.07, 6.45) is 0. The second-order valence-electron chi connectivity index (χ2n) is 4.33. The zero-order chi connectivity index (χ0) is 12.3. The summed E-state index contributed by atoms with van der Waals surface area (Å²) >= 11 is 3.56. The Balaban J connectivity index is 2.09. The minimum absolute atomic E-state index is 0.851. The van der Waals surface area contributed by atoms with Crippen LogP contribution >= 0.6 is 15.9 Å². The first-order valence-electron chi connectivity index (χ1n) is 5.71. The van der Waals surface area contributed by atoms with Crippen molar-refractivity contribution in [1.82, 2.24) is 0 Å². The number of hydrogen-bond donors (Lipinski definition) is 1. The van der Waals surface area contributed by atoms with Gasteiger partial charge in [0.25, 0.3) is 0 Å². The lowest BCUT2D eigenvalue weighted by Gasteiger charge is -2.10. The van der Waals surface area contributed by atoms with Crippen LogP contribution < -0.4 is 5.32 Å². The van der Waals surface area contributed by atoms with Gasteiger partial charge in [-0.05, 0) is 53.0 Å². The Morgan fingerprint density at radius 1 is 1.00 bits per heavy atom. The Morgan fingerprint density at radius 3 is 2.53 bits per heavy atom. The maximum atomic E-state index is 3.56. The lowest BCUT2D eigenvalue weighted by Crippen LogP contribution is -2.00. The number of anilines is 1. The molecule has 0 saturated carbocycles. The Labute approximate surface area is 111 Å². The first-order chi connectivity index (χ1) is 8.15. The van der Waals surface area contributed by atoms with Crippen LogP contribution in [0.1, 0.15) is 16.7 Å². The van der Waals surface area contributed by atoms with Crippen molar-refractivity contribution in [3.05, 3.63) is 63.6 Å². The topological polar surface area (TPSA) is 12.0 Å². The van der Waals surface area contributed by atoms with Crippen LogP contribution in [0.4, 0.5) is 5.69 Å². The fourth-order valence-electron chi connectivity index (χ4n) is 1.79. The van der Waals surface area contributed by atoms with Gasteiger partial charge in [0.2, 0.25) is 0 Å². The molecular formula is C15H16BrN. The molecule has 0 aliphatic heterocycles. The van der Waals surface area contributed by atoms with Crippen LogP contribution in [0.5, 0.6) is 0 Å². The molecule has 88 valence electrons. The minimum atomic E-state index is 0.851. The zero-order valence-corrected chi connectivity index (χ0v) is 11.7. The molecule has 17 heavy (non-hydrogen) atoms. The van der Waals surface area contributed by atoms with Crippen LogP contribution in [-0.4, -0.2) is 0 Å². The van der Waals surface area contributed by atoms with Crippen LogP contribution in [0.3, 0.4) is 0 Å². The molecule has 1 nitrogen and oxygen atoms in total. The van der Waals surface area contributed by atoms with Gasteiger partial charge in [-0.2, -0.15) is 0 Å². The molecular weight excluding hydrogens is 274 g/mol. The number of halogens is 1. The van der Waals surface area contributed by atoms with Crippen molar-refractivity contribution in [2.45, 2.75) is 20.4 Å². The molecule has 0 aromatic heterocycles. The fourth-order valence-corrected chi connectivity index (χ4v) is 2.18. The molecule has 0 bridgehead atoms. The second-order valence-corrected chi connectivity index (χ2v) is 5.18. The Morgan fingerprint density at radius 2 is 1.76 bits per heavy atom. The first-order valence-corrected chi connectivity index (χ1v) is 6.50. The van der Waals surface area contributed by atoms with Crippen molar-refractivity contribution in [3.8, 4) is 0 Å².